The topological polar surface area (TPSA) is 54.0 Å². The standard InChI is InChI=1S/C19H29N3O3/c1-15-7-8-22(14-15)19(23)20-13-18(21-9-11-25-12-10-21)16-3-5-17(24-2)6-4-16/h3-6,15,18H,7-14H2,1-2H3,(H,20,23)/t15-,18+/m0/s1. The fourth-order valence-electron chi connectivity index (χ4n) is 3.59. The van der Waals surface area contributed by atoms with Gasteiger partial charge in [-0.2, -0.15) is 0 Å². The van der Waals surface area contributed by atoms with Crippen molar-refractivity contribution in [3.05, 3.63) is 29.8 Å². The molecule has 2 amide bonds. The van der Waals surface area contributed by atoms with Crippen LogP contribution in [0.15, 0.2) is 24.3 Å². The van der Waals surface area contributed by atoms with Gasteiger partial charge >= 0.3 is 6.03 Å². The molecule has 2 aliphatic rings. The van der Waals surface area contributed by atoms with E-state index in [0.29, 0.717) is 12.5 Å². The van der Waals surface area contributed by atoms with E-state index in [4.69, 9.17) is 9.47 Å². The predicted molar refractivity (Wildman–Crippen MR) is 96.9 cm³/mol. The molecule has 6 heteroatoms. The number of urea groups is 1. The molecule has 2 aliphatic heterocycles. The van der Waals surface area contributed by atoms with Crippen molar-refractivity contribution < 1.29 is 14.3 Å². The molecule has 2 fully saturated rings. The lowest BCUT2D eigenvalue weighted by atomic mass is 10.0. The van der Waals surface area contributed by atoms with E-state index in [1.54, 1.807) is 7.11 Å². The molecule has 0 aromatic heterocycles. The van der Waals surface area contributed by atoms with Gasteiger partial charge in [-0.1, -0.05) is 19.1 Å². The Balaban J connectivity index is 1.66. The number of amides is 2. The lowest BCUT2D eigenvalue weighted by Gasteiger charge is -2.35. The van der Waals surface area contributed by atoms with Crippen LogP contribution in [0.5, 0.6) is 5.75 Å². The highest BCUT2D eigenvalue weighted by Gasteiger charge is 2.26. The molecule has 0 aliphatic carbocycles. The molecule has 0 saturated carbocycles. The summed E-state index contributed by atoms with van der Waals surface area (Å²) in [7, 11) is 1.67. The lowest BCUT2D eigenvalue weighted by molar-refractivity contribution is 0.0165. The monoisotopic (exact) mass is 347 g/mol. The summed E-state index contributed by atoms with van der Waals surface area (Å²) in [4.78, 5) is 16.8. The van der Waals surface area contributed by atoms with Crippen molar-refractivity contribution >= 4 is 6.03 Å². The van der Waals surface area contributed by atoms with Crippen LogP contribution >= 0.6 is 0 Å². The minimum atomic E-state index is 0.0520. The molecule has 6 nitrogen and oxygen atoms in total. The van der Waals surface area contributed by atoms with Gasteiger partial charge in [-0.05, 0) is 30.0 Å². The van der Waals surface area contributed by atoms with Gasteiger partial charge in [0.05, 0.1) is 26.4 Å². The van der Waals surface area contributed by atoms with Crippen molar-refractivity contribution in [3.63, 3.8) is 0 Å². The summed E-state index contributed by atoms with van der Waals surface area (Å²) in [6, 6.07) is 8.33. The van der Waals surface area contributed by atoms with Crippen LogP contribution in [-0.2, 0) is 4.74 Å². The number of rotatable bonds is 5. The number of nitrogens with zero attached hydrogens (tertiary/aromatic N) is 2. The third-order valence-corrected chi connectivity index (χ3v) is 5.14. The Hall–Kier alpha value is -1.79. The Kier molecular flexibility index (Phi) is 6.15. The van der Waals surface area contributed by atoms with Crippen molar-refractivity contribution in [2.45, 2.75) is 19.4 Å². The van der Waals surface area contributed by atoms with Crippen molar-refractivity contribution in [1.82, 2.24) is 15.1 Å². The zero-order valence-corrected chi connectivity index (χ0v) is 15.2. The van der Waals surface area contributed by atoms with Gasteiger partial charge in [0.15, 0.2) is 0 Å². The van der Waals surface area contributed by atoms with E-state index < -0.39 is 0 Å². The Morgan fingerprint density at radius 3 is 2.60 bits per heavy atom. The smallest absolute Gasteiger partial charge is 0.317 e. The molecule has 25 heavy (non-hydrogen) atoms. The van der Waals surface area contributed by atoms with E-state index in [9.17, 15) is 4.79 Å². The normalized spacial score (nSPS) is 22.6. The number of methoxy groups -OCH3 is 1. The van der Waals surface area contributed by atoms with E-state index in [0.717, 1.165) is 51.6 Å². The van der Waals surface area contributed by atoms with Crippen LogP contribution < -0.4 is 10.1 Å². The number of hydrogen-bond donors (Lipinski definition) is 1. The Morgan fingerprint density at radius 1 is 1.28 bits per heavy atom. The van der Waals surface area contributed by atoms with E-state index in [2.05, 4.69) is 29.3 Å². The van der Waals surface area contributed by atoms with E-state index in [1.807, 2.05) is 17.0 Å². The van der Waals surface area contributed by atoms with Gasteiger partial charge in [0, 0.05) is 32.7 Å². The first-order valence-electron chi connectivity index (χ1n) is 9.16. The van der Waals surface area contributed by atoms with E-state index in [1.165, 1.54) is 5.56 Å². The van der Waals surface area contributed by atoms with Gasteiger partial charge in [0.25, 0.3) is 0 Å². The summed E-state index contributed by atoms with van der Waals surface area (Å²) in [6.45, 7) is 7.76. The SMILES string of the molecule is COc1ccc([C@@H](CNC(=O)N2CC[C@H](C)C2)N2CCOCC2)cc1. The van der Waals surface area contributed by atoms with E-state index >= 15 is 0 Å². The molecule has 0 bridgehead atoms. The highest BCUT2D eigenvalue weighted by atomic mass is 16.5. The molecular formula is C19H29N3O3. The average molecular weight is 347 g/mol. The minimum Gasteiger partial charge on any atom is -0.497 e. The third-order valence-electron chi connectivity index (χ3n) is 5.14. The molecule has 1 aromatic carbocycles. The first-order chi connectivity index (χ1) is 12.2. The predicted octanol–water partition coefficient (Wildman–Crippen LogP) is 2.12. The van der Waals surface area contributed by atoms with Gasteiger partial charge < -0.3 is 19.7 Å². The van der Waals surface area contributed by atoms with Crippen molar-refractivity contribution in [3.8, 4) is 5.75 Å². The molecule has 1 aromatic rings. The molecular weight excluding hydrogens is 318 g/mol. The van der Waals surface area contributed by atoms with Gasteiger partial charge in [-0.15, -0.1) is 0 Å². The molecule has 2 saturated heterocycles. The van der Waals surface area contributed by atoms with Crippen LogP contribution in [0.3, 0.4) is 0 Å². The highest BCUT2D eigenvalue weighted by Crippen LogP contribution is 2.24. The van der Waals surface area contributed by atoms with Crippen LogP contribution in [0, 0.1) is 5.92 Å². The summed E-state index contributed by atoms with van der Waals surface area (Å²) < 4.78 is 10.7. The summed E-state index contributed by atoms with van der Waals surface area (Å²) >= 11 is 0. The molecule has 0 radical (unpaired) electrons. The summed E-state index contributed by atoms with van der Waals surface area (Å²) in [6.07, 6.45) is 1.10. The van der Waals surface area contributed by atoms with Crippen LogP contribution in [-0.4, -0.2) is 68.9 Å². The lowest BCUT2D eigenvalue weighted by Crippen LogP contribution is -2.46. The molecule has 138 valence electrons. The maximum atomic E-state index is 12.5. The van der Waals surface area contributed by atoms with Crippen LogP contribution in [0.1, 0.15) is 24.9 Å². The molecule has 0 spiro atoms. The van der Waals surface area contributed by atoms with Crippen molar-refractivity contribution in [1.29, 1.82) is 0 Å². The second-order valence-electron chi connectivity index (χ2n) is 6.96. The number of benzene rings is 1. The zero-order valence-electron chi connectivity index (χ0n) is 15.2. The molecule has 2 atom stereocenters. The fraction of sp³-hybridized carbons (Fsp3) is 0.632. The number of ether oxygens (including phenoxy) is 2. The second-order valence-corrected chi connectivity index (χ2v) is 6.96. The second kappa shape index (κ2) is 8.54. The van der Waals surface area contributed by atoms with Gasteiger partial charge in [-0.3, -0.25) is 4.90 Å². The number of likely N-dealkylation sites (tertiary alicyclic amines) is 1. The molecule has 0 unspecified atom stereocenters. The zero-order chi connectivity index (χ0) is 17.6. The molecule has 1 N–H and O–H groups in total. The highest BCUT2D eigenvalue weighted by molar-refractivity contribution is 5.74. The molecule has 2 heterocycles. The average Bonchev–Trinajstić information content (AvgIpc) is 3.10. The largest absolute Gasteiger partial charge is 0.497 e. The van der Waals surface area contributed by atoms with Gasteiger partial charge in [0.2, 0.25) is 0 Å². The third kappa shape index (κ3) is 4.64. The maximum absolute atomic E-state index is 12.5. The van der Waals surface area contributed by atoms with Gasteiger partial charge in [0.1, 0.15) is 5.75 Å². The number of carbonyl (C=O) groups excluding carboxylic acids is 1. The number of hydrogen-bond acceptors (Lipinski definition) is 4. The van der Waals surface area contributed by atoms with Crippen molar-refractivity contribution in [2.24, 2.45) is 5.92 Å². The van der Waals surface area contributed by atoms with Crippen LogP contribution in [0.4, 0.5) is 4.79 Å². The number of carbonyl (C=O) groups is 1. The Labute approximate surface area is 150 Å². The summed E-state index contributed by atoms with van der Waals surface area (Å²) in [5, 5.41) is 3.14. The van der Waals surface area contributed by atoms with Crippen LogP contribution in [0.2, 0.25) is 0 Å². The number of nitrogens with one attached hydrogen (secondary N) is 1. The summed E-state index contributed by atoms with van der Waals surface area (Å²) in [5.74, 6) is 1.45. The Morgan fingerprint density at radius 2 is 2.00 bits per heavy atom. The fourth-order valence-corrected chi connectivity index (χ4v) is 3.59. The minimum absolute atomic E-state index is 0.0520. The van der Waals surface area contributed by atoms with Gasteiger partial charge in [-0.25, -0.2) is 4.79 Å². The van der Waals surface area contributed by atoms with Crippen molar-refractivity contribution in [2.75, 3.05) is 53.0 Å². The quantitative estimate of drug-likeness (QED) is 0.886. The van der Waals surface area contributed by atoms with Crippen LogP contribution in [0.25, 0.3) is 0 Å². The number of morpholine rings is 1. The molecule has 3 rings (SSSR count). The Bertz CT molecular complexity index is 558. The summed E-state index contributed by atoms with van der Waals surface area (Å²) in [5.41, 5.74) is 1.19. The first-order valence-corrected chi connectivity index (χ1v) is 9.16. The van der Waals surface area contributed by atoms with E-state index in [-0.39, 0.29) is 12.1 Å². The first kappa shape index (κ1) is 18.0. The maximum Gasteiger partial charge on any atom is 0.317 e.